The Labute approximate surface area is 123 Å². The Morgan fingerprint density at radius 2 is 2.14 bits per heavy atom. The zero-order chi connectivity index (χ0) is 14.8. The van der Waals surface area contributed by atoms with Gasteiger partial charge in [-0.25, -0.2) is 0 Å². The summed E-state index contributed by atoms with van der Waals surface area (Å²) >= 11 is 0. The van der Waals surface area contributed by atoms with E-state index in [1.807, 2.05) is 0 Å². The highest BCUT2D eigenvalue weighted by Crippen LogP contribution is 2.30. The van der Waals surface area contributed by atoms with Crippen LogP contribution in [0, 0.1) is 0 Å². The standard InChI is InChI=1S/C15H20N2O4/c1-16-2-4-17(5-3-16)8-12-6-11(15(18)19)7-13-9-20-10-21-14(12)13/h6-7H,2-5,8-10H2,1H3,(H,18,19). The van der Waals surface area contributed by atoms with Crippen molar-refractivity contribution in [3.63, 3.8) is 0 Å². The third-order valence-corrected chi connectivity index (χ3v) is 4.13. The maximum Gasteiger partial charge on any atom is 0.189 e. The summed E-state index contributed by atoms with van der Waals surface area (Å²) in [6, 6.07) is 3.26. The molecule has 1 aromatic carbocycles. The fraction of sp³-hybridized carbons (Fsp3) is 0.533. The summed E-state index contributed by atoms with van der Waals surface area (Å²) in [7, 11) is 2.19. The van der Waals surface area contributed by atoms with Crippen LogP contribution in [0.25, 0.3) is 0 Å². The summed E-state index contributed by atoms with van der Waals surface area (Å²) in [5, 5.41) is 11.2. The Bertz CT molecular complexity index is 539. The summed E-state index contributed by atoms with van der Waals surface area (Å²) in [5.74, 6) is -0.384. The summed E-state index contributed by atoms with van der Waals surface area (Å²) in [6.07, 6.45) is 0. The first-order valence-corrected chi connectivity index (χ1v) is 7.25. The van der Waals surface area contributed by atoms with Gasteiger partial charge in [-0.2, -0.15) is 0 Å². The largest absolute Gasteiger partial charge is 0.545 e. The molecule has 0 aliphatic carbocycles. The minimum Gasteiger partial charge on any atom is -0.545 e. The third kappa shape index (κ3) is 3.18. The SMILES string of the molecule is C[NH+]1CCN(Cc2cc(C(=O)[O-])cc3c2OCOC3)CC1. The van der Waals surface area contributed by atoms with Crippen LogP contribution >= 0.6 is 0 Å². The van der Waals surface area contributed by atoms with Gasteiger partial charge in [-0.3, -0.25) is 4.90 Å². The number of carboxylic acid groups (broad SMARTS) is 1. The molecule has 0 saturated carbocycles. The maximum absolute atomic E-state index is 11.2. The van der Waals surface area contributed by atoms with E-state index < -0.39 is 5.97 Å². The highest BCUT2D eigenvalue weighted by molar-refractivity contribution is 5.86. The van der Waals surface area contributed by atoms with Gasteiger partial charge < -0.3 is 24.3 Å². The van der Waals surface area contributed by atoms with Crippen molar-refractivity contribution in [1.29, 1.82) is 0 Å². The molecule has 0 radical (unpaired) electrons. The van der Waals surface area contributed by atoms with Gasteiger partial charge in [0.05, 0.1) is 32.7 Å². The Morgan fingerprint density at radius 1 is 1.38 bits per heavy atom. The molecule has 0 unspecified atom stereocenters. The molecule has 6 nitrogen and oxygen atoms in total. The van der Waals surface area contributed by atoms with E-state index in [9.17, 15) is 9.90 Å². The summed E-state index contributed by atoms with van der Waals surface area (Å²) in [5.41, 5.74) is 1.89. The number of likely N-dealkylation sites (N-methyl/N-ethyl adjacent to an activating group) is 1. The highest BCUT2D eigenvalue weighted by atomic mass is 16.7. The summed E-state index contributed by atoms with van der Waals surface area (Å²) in [6.45, 7) is 5.53. The van der Waals surface area contributed by atoms with Gasteiger partial charge in [0, 0.05) is 30.8 Å². The first-order chi connectivity index (χ1) is 10.1. The molecule has 1 N–H and O–H groups in total. The van der Waals surface area contributed by atoms with Crippen molar-refractivity contribution in [3.8, 4) is 5.75 Å². The van der Waals surface area contributed by atoms with Crippen LogP contribution in [0.2, 0.25) is 0 Å². The molecule has 0 spiro atoms. The number of hydrogen-bond acceptors (Lipinski definition) is 5. The van der Waals surface area contributed by atoms with Crippen LogP contribution in [-0.2, 0) is 17.9 Å². The number of carbonyl (C=O) groups excluding carboxylic acids is 1. The highest BCUT2D eigenvalue weighted by Gasteiger charge is 2.21. The van der Waals surface area contributed by atoms with Crippen molar-refractivity contribution in [2.45, 2.75) is 13.2 Å². The molecule has 0 aromatic heterocycles. The average molecular weight is 292 g/mol. The number of fused-ring (bicyclic) bond motifs is 1. The number of nitrogens with one attached hydrogen (secondary N) is 1. The Balaban J connectivity index is 1.85. The van der Waals surface area contributed by atoms with Gasteiger partial charge in [-0.05, 0) is 17.7 Å². The van der Waals surface area contributed by atoms with Gasteiger partial charge in [0.2, 0.25) is 0 Å². The predicted molar refractivity (Wildman–Crippen MR) is 73.0 cm³/mol. The van der Waals surface area contributed by atoms with Crippen molar-refractivity contribution in [3.05, 3.63) is 28.8 Å². The molecule has 21 heavy (non-hydrogen) atoms. The second-order valence-corrected chi connectivity index (χ2v) is 5.75. The van der Waals surface area contributed by atoms with Crippen molar-refractivity contribution in [2.24, 2.45) is 0 Å². The van der Waals surface area contributed by atoms with E-state index in [1.54, 1.807) is 12.1 Å². The van der Waals surface area contributed by atoms with E-state index in [-0.39, 0.29) is 12.4 Å². The molecule has 2 heterocycles. The molecule has 0 atom stereocenters. The Hall–Kier alpha value is -1.63. The van der Waals surface area contributed by atoms with Crippen LogP contribution in [0.3, 0.4) is 0 Å². The lowest BCUT2D eigenvalue weighted by Crippen LogP contribution is -3.11. The molecule has 2 aliphatic heterocycles. The van der Waals surface area contributed by atoms with E-state index in [0.29, 0.717) is 13.2 Å². The first kappa shape index (κ1) is 14.3. The number of nitrogens with zero attached hydrogens (tertiary/aromatic N) is 1. The quantitative estimate of drug-likeness (QED) is 0.715. The number of carbonyl (C=O) groups is 1. The van der Waals surface area contributed by atoms with Crippen LogP contribution in [-0.4, -0.2) is 50.9 Å². The van der Waals surface area contributed by atoms with Gasteiger partial charge in [0.15, 0.2) is 6.79 Å². The number of rotatable bonds is 3. The molecule has 0 amide bonds. The van der Waals surface area contributed by atoms with Crippen molar-refractivity contribution in [1.82, 2.24) is 4.90 Å². The predicted octanol–water partition coefficient (Wildman–Crippen LogP) is -1.75. The number of ether oxygens (including phenoxy) is 2. The average Bonchev–Trinajstić information content (AvgIpc) is 2.49. The minimum atomic E-state index is -1.16. The van der Waals surface area contributed by atoms with Crippen molar-refractivity contribution >= 4 is 5.97 Å². The molecular formula is C15H20N2O4. The Kier molecular flexibility index (Phi) is 4.10. The van der Waals surface area contributed by atoms with Crippen LogP contribution < -0.4 is 14.7 Å². The number of quaternary nitrogens is 1. The van der Waals surface area contributed by atoms with Gasteiger partial charge in [-0.15, -0.1) is 0 Å². The van der Waals surface area contributed by atoms with Gasteiger partial charge in [0.25, 0.3) is 0 Å². The topological polar surface area (TPSA) is 66.3 Å². The zero-order valence-electron chi connectivity index (χ0n) is 12.2. The maximum atomic E-state index is 11.2. The number of piperazine rings is 1. The molecule has 3 rings (SSSR count). The summed E-state index contributed by atoms with van der Waals surface area (Å²) < 4.78 is 10.8. The van der Waals surface area contributed by atoms with E-state index >= 15 is 0 Å². The lowest BCUT2D eigenvalue weighted by atomic mass is 10.0. The monoisotopic (exact) mass is 292 g/mol. The van der Waals surface area contributed by atoms with Crippen LogP contribution in [0.4, 0.5) is 0 Å². The van der Waals surface area contributed by atoms with E-state index in [1.165, 1.54) is 4.90 Å². The molecule has 1 fully saturated rings. The fourth-order valence-corrected chi connectivity index (χ4v) is 2.87. The first-order valence-electron chi connectivity index (χ1n) is 7.25. The Morgan fingerprint density at radius 3 is 2.86 bits per heavy atom. The zero-order valence-corrected chi connectivity index (χ0v) is 12.2. The lowest BCUT2D eigenvalue weighted by molar-refractivity contribution is -0.884. The number of hydrogen-bond donors (Lipinski definition) is 1. The fourth-order valence-electron chi connectivity index (χ4n) is 2.87. The normalized spacial score (nSPS) is 19.9. The smallest absolute Gasteiger partial charge is 0.189 e. The summed E-state index contributed by atoms with van der Waals surface area (Å²) in [4.78, 5) is 15.0. The van der Waals surface area contributed by atoms with Crippen molar-refractivity contribution in [2.75, 3.05) is 40.0 Å². The van der Waals surface area contributed by atoms with Gasteiger partial charge in [-0.1, -0.05) is 0 Å². The molecule has 1 saturated heterocycles. The minimum absolute atomic E-state index is 0.192. The second kappa shape index (κ2) is 6.01. The lowest BCUT2D eigenvalue weighted by Gasteiger charge is -2.31. The molecule has 6 heteroatoms. The number of benzene rings is 1. The molecule has 114 valence electrons. The number of carboxylic acids is 1. The van der Waals surface area contributed by atoms with Crippen LogP contribution in [0.15, 0.2) is 12.1 Å². The third-order valence-electron chi connectivity index (χ3n) is 4.13. The van der Waals surface area contributed by atoms with Gasteiger partial charge >= 0.3 is 0 Å². The van der Waals surface area contributed by atoms with Crippen LogP contribution in [0.5, 0.6) is 5.75 Å². The van der Waals surface area contributed by atoms with Crippen molar-refractivity contribution < 1.29 is 24.3 Å². The van der Waals surface area contributed by atoms with Crippen LogP contribution in [0.1, 0.15) is 21.5 Å². The molecule has 2 aliphatic rings. The van der Waals surface area contributed by atoms with Gasteiger partial charge in [0.1, 0.15) is 5.75 Å². The molecule has 1 aromatic rings. The molecule has 0 bridgehead atoms. The second-order valence-electron chi connectivity index (χ2n) is 5.75. The molecular weight excluding hydrogens is 272 g/mol. The van der Waals surface area contributed by atoms with E-state index in [2.05, 4.69) is 11.9 Å². The number of aromatic carboxylic acids is 1. The van der Waals surface area contributed by atoms with E-state index in [0.717, 1.165) is 43.1 Å². The van der Waals surface area contributed by atoms with E-state index in [4.69, 9.17) is 9.47 Å².